The summed E-state index contributed by atoms with van der Waals surface area (Å²) in [6.07, 6.45) is 1.30. The average Bonchev–Trinajstić information content (AvgIpc) is 2.62. The number of hydrazone groups is 1. The number of non-ortho nitro benzene ring substituents is 1. The molecule has 0 bridgehead atoms. The Morgan fingerprint density at radius 3 is 2.56 bits per heavy atom. The summed E-state index contributed by atoms with van der Waals surface area (Å²) in [6, 6.07) is 11.5. The molecule has 0 aliphatic heterocycles. The van der Waals surface area contributed by atoms with E-state index in [0.29, 0.717) is 5.56 Å². The number of nitro benzene ring substituents is 1. The number of nitrogens with zero attached hydrogens (tertiary/aromatic N) is 2. The van der Waals surface area contributed by atoms with E-state index < -0.39 is 10.8 Å². The Bertz CT molecular complexity index is 893. The van der Waals surface area contributed by atoms with Crippen molar-refractivity contribution in [1.82, 2.24) is 5.43 Å². The van der Waals surface area contributed by atoms with Crippen LogP contribution < -0.4 is 10.7 Å². The lowest BCUT2D eigenvalue weighted by Crippen LogP contribution is -2.20. The minimum Gasteiger partial charge on any atom is -0.326 e. The predicted octanol–water partition coefficient (Wildman–Crippen LogP) is 3.08. The first kappa shape index (κ1) is 19.8. The highest BCUT2D eigenvalue weighted by molar-refractivity contribution is 5.94. The fourth-order valence-corrected chi connectivity index (χ4v) is 2.35. The van der Waals surface area contributed by atoms with Crippen molar-refractivity contribution >= 4 is 29.4 Å². The number of hydrogen-bond acceptors (Lipinski definition) is 5. The van der Waals surface area contributed by atoms with Crippen LogP contribution in [0.2, 0.25) is 0 Å². The van der Waals surface area contributed by atoms with Gasteiger partial charge >= 0.3 is 0 Å². The Labute approximate surface area is 156 Å². The van der Waals surface area contributed by atoms with E-state index in [1.807, 2.05) is 32.0 Å². The number of carbonyl (C=O) groups excluding carboxylic acids is 2. The Kier molecular flexibility index (Phi) is 6.76. The molecule has 0 radical (unpaired) electrons. The minimum absolute atomic E-state index is 0.0193. The van der Waals surface area contributed by atoms with Gasteiger partial charge in [-0.15, -0.1) is 0 Å². The monoisotopic (exact) mass is 368 g/mol. The van der Waals surface area contributed by atoms with Crippen molar-refractivity contribution in [1.29, 1.82) is 0 Å². The van der Waals surface area contributed by atoms with Gasteiger partial charge in [-0.2, -0.15) is 5.10 Å². The summed E-state index contributed by atoms with van der Waals surface area (Å²) in [5, 5.41) is 17.2. The Morgan fingerprint density at radius 2 is 1.85 bits per heavy atom. The lowest BCUT2D eigenvalue weighted by atomic mass is 10.1. The van der Waals surface area contributed by atoms with E-state index >= 15 is 0 Å². The zero-order chi connectivity index (χ0) is 19.8. The van der Waals surface area contributed by atoms with Crippen LogP contribution in [-0.4, -0.2) is 23.0 Å². The van der Waals surface area contributed by atoms with Crippen molar-refractivity contribution in [3.63, 3.8) is 0 Å². The number of amides is 2. The van der Waals surface area contributed by atoms with Crippen LogP contribution in [0.4, 0.5) is 11.4 Å². The van der Waals surface area contributed by atoms with Crippen molar-refractivity contribution in [2.24, 2.45) is 5.10 Å². The Hall–Kier alpha value is -3.55. The highest BCUT2D eigenvalue weighted by atomic mass is 16.6. The molecule has 2 N–H and O–H groups in total. The van der Waals surface area contributed by atoms with Gasteiger partial charge in [-0.25, -0.2) is 5.43 Å². The van der Waals surface area contributed by atoms with Gasteiger partial charge in [0.1, 0.15) is 0 Å². The molecule has 0 atom stereocenters. The maximum atomic E-state index is 12.0. The first-order valence-electron chi connectivity index (χ1n) is 8.28. The van der Waals surface area contributed by atoms with E-state index in [4.69, 9.17) is 0 Å². The molecule has 0 unspecified atom stereocenters. The second-order valence-electron chi connectivity index (χ2n) is 6.01. The highest BCUT2D eigenvalue weighted by Gasteiger charge is 2.08. The molecule has 2 aromatic rings. The van der Waals surface area contributed by atoms with E-state index in [0.717, 1.165) is 16.8 Å². The molecule has 8 heteroatoms. The lowest BCUT2D eigenvalue weighted by molar-refractivity contribution is -0.384. The number of anilines is 1. The Balaban J connectivity index is 1.79. The molecule has 2 rings (SSSR count). The smallest absolute Gasteiger partial charge is 0.270 e. The van der Waals surface area contributed by atoms with Crippen molar-refractivity contribution < 1.29 is 14.5 Å². The third kappa shape index (κ3) is 6.35. The van der Waals surface area contributed by atoms with E-state index in [1.54, 1.807) is 6.07 Å². The van der Waals surface area contributed by atoms with Crippen LogP contribution in [0.1, 0.15) is 29.5 Å². The quantitative estimate of drug-likeness (QED) is 0.444. The van der Waals surface area contributed by atoms with Gasteiger partial charge in [0.15, 0.2) is 0 Å². The van der Waals surface area contributed by atoms with Gasteiger partial charge < -0.3 is 5.32 Å². The first-order valence-corrected chi connectivity index (χ1v) is 8.28. The molecule has 0 saturated carbocycles. The highest BCUT2D eigenvalue weighted by Crippen LogP contribution is 2.16. The summed E-state index contributed by atoms with van der Waals surface area (Å²) >= 11 is 0. The second kappa shape index (κ2) is 9.23. The van der Waals surface area contributed by atoms with Crippen molar-refractivity contribution in [3.05, 3.63) is 69.3 Å². The molecule has 0 spiro atoms. The SMILES string of the molecule is Cc1ccc(NC(=O)CCC(=O)N/N=C\c2cccc([N+](=O)[O-])c2)c(C)c1. The zero-order valence-electron chi connectivity index (χ0n) is 15.1. The molecule has 0 saturated heterocycles. The minimum atomic E-state index is -0.510. The molecule has 0 heterocycles. The number of nitrogens with one attached hydrogen (secondary N) is 2. The average molecular weight is 368 g/mol. The van der Waals surface area contributed by atoms with E-state index in [2.05, 4.69) is 15.8 Å². The second-order valence-corrected chi connectivity index (χ2v) is 6.01. The molecular weight excluding hydrogens is 348 g/mol. The van der Waals surface area contributed by atoms with Crippen LogP contribution in [0, 0.1) is 24.0 Å². The van der Waals surface area contributed by atoms with Gasteiger partial charge in [0.05, 0.1) is 11.1 Å². The van der Waals surface area contributed by atoms with Crippen LogP contribution in [-0.2, 0) is 9.59 Å². The molecule has 140 valence electrons. The molecule has 0 aliphatic rings. The third-order valence-electron chi connectivity index (χ3n) is 3.72. The van der Waals surface area contributed by atoms with Crippen LogP contribution in [0.25, 0.3) is 0 Å². The zero-order valence-corrected chi connectivity index (χ0v) is 15.1. The number of benzene rings is 2. The van der Waals surface area contributed by atoms with Gasteiger partial charge in [-0.1, -0.05) is 29.8 Å². The van der Waals surface area contributed by atoms with E-state index in [9.17, 15) is 19.7 Å². The summed E-state index contributed by atoms with van der Waals surface area (Å²) < 4.78 is 0. The Morgan fingerprint density at radius 1 is 1.11 bits per heavy atom. The molecule has 0 aliphatic carbocycles. The third-order valence-corrected chi connectivity index (χ3v) is 3.72. The normalized spacial score (nSPS) is 10.6. The van der Waals surface area contributed by atoms with Gasteiger partial charge in [0, 0.05) is 36.2 Å². The first-order chi connectivity index (χ1) is 12.8. The number of carbonyl (C=O) groups is 2. The van der Waals surface area contributed by atoms with Crippen LogP contribution in [0.5, 0.6) is 0 Å². The van der Waals surface area contributed by atoms with Crippen LogP contribution >= 0.6 is 0 Å². The lowest BCUT2D eigenvalue weighted by Gasteiger charge is -2.08. The molecular formula is C19H20N4O4. The maximum absolute atomic E-state index is 12.0. The standard InChI is InChI=1S/C19H20N4O4/c1-13-6-7-17(14(2)10-13)21-18(24)8-9-19(25)22-20-12-15-4-3-5-16(11-15)23(26)27/h3-7,10-12H,8-9H2,1-2H3,(H,21,24)(H,22,25)/b20-12-. The van der Waals surface area contributed by atoms with E-state index in [-0.39, 0.29) is 24.4 Å². The topological polar surface area (TPSA) is 114 Å². The number of hydrogen-bond donors (Lipinski definition) is 2. The predicted molar refractivity (Wildman–Crippen MR) is 103 cm³/mol. The summed E-state index contributed by atoms with van der Waals surface area (Å²) in [7, 11) is 0. The summed E-state index contributed by atoms with van der Waals surface area (Å²) in [5.41, 5.74) is 5.49. The van der Waals surface area contributed by atoms with Crippen LogP contribution in [0.3, 0.4) is 0 Å². The fraction of sp³-hybridized carbons (Fsp3) is 0.211. The van der Waals surface area contributed by atoms with E-state index in [1.165, 1.54) is 24.4 Å². The molecule has 0 aromatic heterocycles. The number of rotatable bonds is 7. The molecule has 2 amide bonds. The summed E-state index contributed by atoms with van der Waals surface area (Å²) in [4.78, 5) is 33.9. The number of nitro groups is 1. The van der Waals surface area contributed by atoms with Gasteiger partial charge in [0.25, 0.3) is 5.69 Å². The largest absolute Gasteiger partial charge is 0.326 e. The van der Waals surface area contributed by atoms with Crippen molar-refractivity contribution in [2.75, 3.05) is 5.32 Å². The maximum Gasteiger partial charge on any atom is 0.270 e. The van der Waals surface area contributed by atoms with Gasteiger partial charge in [0.2, 0.25) is 11.8 Å². The number of aryl methyl sites for hydroxylation is 2. The molecule has 8 nitrogen and oxygen atoms in total. The summed E-state index contributed by atoms with van der Waals surface area (Å²) in [5.74, 6) is -0.688. The molecule has 2 aromatic carbocycles. The van der Waals surface area contributed by atoms with Crippen molar-refractivity contribution in [2.45, 2.75) is 26.7 Å². The van der Waals surface area contributed by atoms with Crippen molar-refractivity contribution in [3.8, 4) is 0 Å². The van der Waals surface area contributed by atoms with Gasteiger partial charge in [-0.05, 0) is 25.5 Å². The van der Waals surface area contributed by atoms with Crippen LogP contribution in [0.15, 0.2) is 47.6 Å². The molecule has 0 fully saturated rings. The van der Waals surface area contributed by atoms with Gasteiger partial charge in [-0.3, -0.25) is 19.7 Å². The summed E-state index contributed by atoms with van der Waals surface area (Å²) in [6.45, 7) is 3.87. The fourth-order valence-electron chi connectivity index (χ4n) is 2.35. The molecule has 27 heavy (non-hydrogen) atoms.